The van der Waals surface area contributed by atoms with Crippen LogP contribution < -0.4 is 15.5 Å². The summed E-state index contributed by atoms with van der Waals surface area (Å²) in [5.41, 5.74) is 1.90. The zero-order valence-corrected chi connectivity index (χ0v) is 12.6. The average Bonchev–Trinajstić information content (AvgIpc) is 2.88. The van der Waals surface area contributed by atoms with Crippen molar-refractivity contribution in [1.82, 2.24) is 10.6 Å². The molecule has 114 valence electrons. The molecule has 0 aromatic heterocycles. The lowest BCUT2D eigenvalue weighted by Crippen LogP contribution is -2.45. The molecule has 0 radical (unpaired) electrons. The number of rotatable bonds is 3. The van der Waals surface area contributed by atoms with Crippen LogP contribution >= 0.6 is 0 Å². The summed E-state index contributed by atoms with van der Waals surface area (Å²) in [6.45, 7) is 3.67. The van der Waals surface area contributed by atoms with Crippen LogP contribution in [0.2, 0.25) is 0 Å². The van der Waals surface area contributed by atoms with Crippen LogP contribution in [0, 0.1) is 5.92 Å². The molecular formula is C16H23N3O2. The second-order valence-electron chi connectivity index (χ2n) is 6.01. The molecule has 5 nitrogen and oxygen atoms in total. The van der Waals surface area contributed by atoms with E-state index in [-0.39, 0.29) is 23.9 Å². The third-order valence-corrected chi connectivity index (χ3v) is 4.85. The molecule has 3 N–H and O–H groups in total. The van der Waals surface area contributed by atoms with Gasteiger partial charge in [0.2, 0.25) is 5.91 Å². The fraction of sp³-hybridized carbons (Fsp3) is 0.562. The van der Waals surface area contributed by atoms with Gasteiger partial charge in [0, 0.05) is 36.4 Å². The van der Waals surface area contributed by atoms with Crippen molar-refractivity contribution in [3.8, 4) is 5.75 Å². The smallest absolute Gasteiger partial charge is 0.225 e. The number of fused-ring (bicyclic) bond motifs is 1. The molecule has 2 saturated heterocycles. The van der Waals surface area contributed by atoms with Gasteiger partial charge in [0.15, 0.2) is 0 Å². The highest BCUT2D eigenvalue weighted by Crippen LogP contribution is 2.35. The number of hydrogen-bond donors (Lipinski definition) is 3. The summed E-state index contributed by atoms with van der Waals surface area (Å²) < 4.78 is 0. The van der Waals surface area contributed by atoms with Gasteiger partial charge in [0.25, 0.3) is 0 Å². The molecule has 1 amide bonds. The number of nitrogens with one attached hydrogen (secondary N) is 2. The van der Waals surface area contributed by atoms with Crippen molar-refractivity contribution in [3.63, 3.8) is 0 Å². The third-order valence-electron chi connectivity index (χ3n) is 4.85. The maximum absolute atomic E-state index is 11.8. The lowest BCUT2D eigenvalue weighted by atomic mass is 9.91. The molecule has 0 spiro atoms. The maximum atomic E-state index is 11.8. The van der Waals surface area contributed by atoms with Crippen molar-refractivity contribution in [2.75, 3.05) is 25.0 Å². The number of amides is 1. The molecule has 3 rings (SSSR count). The Bertz CT molecular complexity index is 546. The largest absolute Gasteiger partial charge is 0.508 e. The third kappa shape index (κ3) is 2.46. The van der Waals surface area contributed by atoms with Crippen LogP contribution in [0.5, 0.6) is 5.75 Å². The number of phenols is 1. The molecule has 0 saturated carbocycles. The van der Waals surface area contributed by atoms with Gasteiger partial charge in [0.1, 0.15) is 5.75 Å². The lowest BCUT2D eigenvalue weighted by Gasteiger charge is -2.38. The minimum Gasteiger partial charge on any atom is -0.508 e. The van der Waals surface area contributed by atoms with E-state index >= 15 is 0 Å². The Morgan fingerprint density at radius 3 is 3.00 bits per heavy atom. The Morgan fingerprint density at radius 2 is 2.29 bits per heavy atom. The number of nitrogens with zero attached hydrogens (tertiary/aromatic N) is 1. The Kier molecular flexibility index (Phi) is 3.76. The molecule has 2 fully saturated rings. The van der Waals surface area contributed by atoms with Gasteiger partial charge in [-0.25, -0.2) is 0 Å². The van der Waals surface area contributed by atoms with E-state index < -0.39 is 0 Å². The van der Waals surface area contributed by atoms with Gasteiger partial charge in [-0.3, -0.25) is 4.79 Å². The van der Waals surface area contributed by atoms with E-state index in [1.165, 1.54) is 0 Å². The van der Waals surface area contributed by atoms with E-state index in [0.717, 1.165) is 30.6 Å². The highest BCUT2D eigenvalue weighted by atomic mass is 16.3. The Balaban J connectivity index is 1.86. The van der Waals surface area contributed by atoms with Gasteiger partial charge in [-0.1, -0.05) is 6.07 Å². The van der Waals surface area contributed by atoms with Crippen molar-refractivity contribution < 1.29 is 9.90 Å². The molecule has 2 heterocycles. The zero-order valence-electron chi connectivity index (χ0n) is 12.6. The predicted molar refractivity (Wildman–Crippen MR) is 82.4 cm³/mol. The molecule has 1 aromatic carbocycles. The number of anilines is 1. The van der Waals surface area contributed by atoms with E-state index in [9.17, 15) is 9.90 Å². The van der Waals surface area contributed by atoms with Crippen LogP contribution in [-0.2, 0) is 4.79 Å². The molecule has 2 aliphatic rings. The van der Waals surface area contributed by atoms with Crippen molar-refractivity contribution >= 4 is 11.6 Å². The lowest BCUT2D eigenvalue weighted by molar-refractivity contribution is -0.122. The van der Waals surface area contributed by atoms with Gasteiger partial charge >= 0.3 is 0 Å². The Hall–Kier alpha value is -1.75. The fourth-order valence-electron chi connectivity index (χ4n) is 3.50. The van der Waals surface area contributed by atoms with Crippen molar-refractivity contribution in [3.05, 3.63) is 23.8 Å². The molecule has 2 aliphatic heterocycles. The van der Waals surface area contributed by atoms with Gasteiger partial charge in [-0.05, 0) is 32.9 Å². The van der Waals surface area contributed by atoms with Crippen LogP contribution in [0.3, 0.4) is 0 Å². The van der Waals surface area contributed by atoms with Crippen LogP contribution in [0.25, 0.3) is 0 Å². The zero-order chi connectivity index (χ0) is 15.0. The van der Waals surface area contributed by atoms with Crippen LogP contribution in [0.15, 0.2) is 18.2 Å². The first-order chi connectivity index (χ1) is 10.1. The summed E-state index contributed by atoms with van der Waals surface area (Å²) in [7, 11) is 1.88. The molecule has 3 atom stereocenters. The first-order valence-electron chi connectivity index (χ1n) is 7.66. The SMILES string of the molecule is CNC(C)c1ccc(N2CCCC3C(=O)NCC32)cc1O. The van der Waals surface area contributed by atoms with E-state index in [2.05, 4.69) is 15.5 Å². The summed E-state index contributed by atoms with van der Waals surface area (Å²) in [4.78, 5) is 14.1. The summed E-state index contributed by atoms with van der Waals surface area (Å²) in [6.07, 6.45) is 1.98. The monoisotopic (exact) mass is 289 g/mol. The molecule has 1 aromatic rings. The van der Waals surface area contributed by atoms with E-state index in [0.29, 0.717) is 12.3 Å². The second-order valence-corrected chi connectivity index (χ2v) is 6.01. The number of piperidine rings is 1. The van der Waals surface area contributed by atoms with Gasteiger partial charge in [-0.15, -0.1) is 0 Å². The van der Waals surface area contributed by atoms with Crippen LogP contribution in [-0.4, -0.2) is 37.2 Å². The van der Waals surface area contributed by atoms with Gasteiger partial charge < -0.3 is 20.6 Å². The number of hydrogen-bond acceptors (Lipinski definition) is 4. The number of benzene rings is 1. The minimum absolute atomic E-state index is 0.0943. The number of phenolic OH excluding ortho intramolecular Hbond substituents is 1. The Morgan fingerprint density at radius 1 is 1.48 bits per heavy atom. The van der Waals surface area contributed by atoms with E-state index in [4.69, 9.17) is 0 Å². The second kappa shape index (κ2) is 5.56. The van der Waals surface area contributed by atoms with E-state index in [1.807, 2.05) is 32.2 Å². The van der Waals surface area contributed by atoms with Crippen LogP contribution in [0.1, 0.15) is 31.4 Å². The van der Waals surface area contributed by atoms with Gasteiger partial charge in [0.05, 0.1) is 12.0 Å². The average molecular weight is 289 g/mol. The topological polar surface area (TPSA) is 64.6 Å². The predicted octanol–water partition coefficient (Wildman–Crippen LogP) is 1.39. The first kappa shape index (κ1) is 14.2. The first-order valence-corrected chi connectivity index (χ1v) is 7.66. The summed E-state index contributed by atoms with van der Waals surface area (Å²) >= 11 is 0. The Labute approximate surface area is 125 Å². The molecule has 0 aliphatic carbocycles. The summed E-state index contributed by atoms with van der Waals surface area (Å²) in [6, 6.07) is 6.18. The molecular weight excluding hydrogens is 266 g/mol. The highest BCUT2D eigenvalue weighted by Gasteiger charge is 2.40. The molecule has 21 heavy (non-hydrogen) atoms. The highest BCUT2D eigenvalue weighted by molar-refractivity contribution is 5.83. The van der Waals surface area contributed by atoms with Crippen molar-refractivity contribution in [1.29, 1.82) is 0 Å². The van der Waals surface area contributed by atoms with Crippen molar-refractivity contribution in [2.45, 2.75) is 31.8 Å². The molecule has 3 unspecified atom stereocenters. The summed E-state index contributed by atoms with van der Waals surface area (Å²) in [5, 5.41) is 16.4. The molecule has 0 bridgehead atoms. The molecule has 5 heteroatoms. The standard InChI is InChI=1S/C16H23N3O2/c1-10(17-2)12-6-5-11(8-15(12)20)19-7-3-4-13-14(19)9-18-16(13)21/h5-6,8,10,13-14,17,20H,3-4,7,9H2,1-2H3,(H,18,21). The van der Waals surface area contributed by atoms with Crippen molar-refractivity contribution in [2.24, 2.45) is 5.92 Å². The maximum Gasteiger partial charge on any atom is 0.225 e. The van der Waals surface area contributed by atoms with Gasteiger partial charge in [-0.2, -0.15) is 0 Å². The fourth-order valence-corrected chi connectivity index (χ4v) is 3.50. The number of carbonyl (C=O) groups excluding carboxylic acids is 1. The number of aromatic hydroxyl groups is 1. The van der Waals surface area contributed by atoms with Crippen LogP contribution in [0.4, 0.5) is 5.69 Å². The van der Waals surface area contributed by atoms with E-state index in [1.54, 1.807) is 0 Å². The minimum atomic E-state index is 0.0943. The number of carbonyl (C=O) groups is 1. The summed E-state index contributed by atoms with van der Waals surface area (Å²) in [5.74, 6) is 0.583. The normalized spacial score (nSPS) is 26.4. The quantitative estimate of drug-likeness (QED) is 0.787.